The third kappa shape index (κ3) is 4.13. The van der Waals surface area contributed by atoms with E-state index in [0.717, 1.165) is 0 Å². The van der Waals surface area contributed by atoms with Gasteiger partial charge in [-0.05, 0) is 18.2 Å². The Kier molecular flexibility index (Phi) is 4.98. The van der Waals surface area contributed by atoms with Gasteiger partial charge in [0.1, 0.15) is 0 Å². The van der Waals surface area contributed by atoms with E-state index in [9.17, 15) is 13.2 Å². The molecule has 0 spiro atoms. The van der Waals surface area contributed by atoms with Crippen LogP contribution in [0, 0.1) is 5.92 Å². The van der Waals surface area contributed by atoms with E-state index in [1.807, 2.05) is 4.83 Å². The van der Waals surface area contributed by atoms with Gasteiger partial charge in [0.2, 0.25) is 5.91 Å². The molecule has 1 aromatic carbocycles. The van der Waals surface area contributed by atoms with E-state index < -0.39 is 15.9 Å². The molecule has 0 aliphatic carbocycles. The van der Waals surface area contributed by atoms with Gasteiger partial charge in [-0.15, -0.1) is 4.83 Å². The summed E-state index contributed by atoms with van der Waals surface area (Å²) >= 11 is 11.4. The van der Waals surface area contributed by atoms with Gasteiger partial charge in [-0.2, -0.15) is 0 Å². The highest BCUT2D eigenvalue weighted by molar-refractivity contribution is 7.89. The van der Waals surface area contributed by atoms with Crippen LogP contribution in [-0.4, -0.2) is 14.3 Å². The molecule has 0 unspecified atom stereocenters. The minimum absolute atomic E-state index is 0.121. The van der Waals surface area contributed by atoms with Gasteiger partial charge in [-0.3, -0.25) is 10.2 Å². The maximum absolute atomic E-state index is 11.8. The van der Waals surface area contributed by atoms with Crippen LogP contribution in [0.3, 0.4) is 0 Å². The molecule has 0 saturated carbocycles. The Balaban J connectivity index is 2.90. The van der Waals surface area contributed by atoms with Gasteiger partial charge in [0.25, 0.3) is 10.0 Å². The maximum Gasteiger partial charge on any atom is 0.257 e. The van der Waals surface area contributed by atoms with Crippen molar-refractivity contribution in [2.24, 2.45) is 5.92 Å². The number of halogens is 2. The van der Waals surface area contributed by atoms with Gasteiger partial charge in [-0.25, -0.2) is 8.42 Å². The summed E-state index contributed by atoms with van der Waals surface area (Å²) in [5, 5.41) is 0.385. The van der Waals surface area contributed by atoms with Gasteiger partial charge >= 0.3 is 0 Å². The van der Waals surface area contributed by atoms with Gasteiger partial charge in [0.05, 0.1) is 4.90 Å². The second-order valence-corrected chi connectivity index (χ2v) is 6.41. The Morgan fingerprint density at radius 2 is 1.67 bits per heavy atom. The Hall–Kier alpha value is -0.820. The fourth-order valence-corrected chi connectivity index (χ4v) is 2.58. The van der Waals surface area contributed by atoms with E-state index in [0.29, 0.717) is 0 Å². The van der Waals surface area contributed by atoms with Gasteiger partial charge in [0, 0.05) is 16.0 Å². The number of carbonyl (C=O) groups excluding carboxylic acids is 1. The van der Waals surface area contributed by atoms with Crippen LogP contribution < -0.4 is 10.3 Å². The zero-order valence-electron chi connectivity index (χ0n) is 9.70. The number of hydrogen-bond acceptors (Lipinski definition) is 3. The van der Waals surface area contributed by atoms with Crippen LogP contribution in [0.5, 0.6) is 0 Å². The molecule has 1 amide bonds. The first-order chi connectivity index (χ1) is 8.22. The lowest BCUT2D eigenvalue weighted by Gasteiger charge is -2.10. The number of nitrogens with one attached hydrogen (secondary N) is 2. The molecule has 2 N–H and O–H groups in total. The minimum Gasteiger partial charge on any atom is -0.277 e. The molecule has 0 saturated heterocycles. The zero-order chi connectivity index (χ0) is 13.9. The Morgan fingerprint density at radius 3 is 2.11 bits per heavy atom. The highest BCUT2D eigenvalue weighted by Crippen LogP contribution is 2.21. The lowest BCUT2D eigenvalue weighted by atomic mass is 10.2. The van der Waals surface area contributed by atoms with Crippen molar-refractivity contribution in [3.05, 3.63) is 28.2 Å². The normalized spacial score (nSPS) is 11.6. The molecule has 1 aromatic rings. The molecule has 8 heteroatoms. The van der Waals surface area contributed by atoms with Crippen molar-refractivity contribution < 1.29 is 13.2 Å². The first-order valence-corrected chi connectivity index (χ1v) is 7.24. The highest BCUT2D eigenvalue weighted by atomic mass is 35.5. The molecule has 1 rings (SSSR count). The third-order valence-corrected chi connectivity index (χ3v) is 3.64. The number of rotatable bonds is 4. The fourth-order valence-electron chi connectivity index (χ4n) is 1.00. The molecule has 5 nitrogen and oxygen atoms in total. The van der Waals surface area contributed by atoms with E-state index in [2.05, 4.69) is 5.43 Å². The highest BCUT2D eigenvalue weighted by Gasteiger charge is 2.17. The first-order valence-electron chi connectivity index (χ1n) is 5.00. The Labute approximate surface area is 115 Å². The van der Waals surface area contributed by atoms with Crippen molar-refractivity contribution in [2.75, 3.05) is 0 Å². The number of hydrazine groups is 1. The molecule has 0 aromatic heterocycles. The van der Waals surface area contributed by atoms with E-state index in [1.165, 1.54) is 18.2 Å². The molecule has 18 heavy (non-hydrogen) atoms. The molecule has 0 atom stereocenters. The van der Waals surface area contributed by atoms with Crippen molar-refractivity contribution in [3.8, 4) is 0 Å². The molecule has 0 aliphatic rings. The van der Waals surface area contributed by atoms with E-state index >= 15 is 0 Å². The maximum atomic E-state index is 11.8. The molecular formula is C10H12Cl2N2O3S. The van der Waals surface area contributed by atoms with Gasteiger partial charge < -0.3 is 0 Å². The smallest absolute Gasteiger partial charge is 0.257 e. The average molecular weight is 311 g/mol. The quantitative estimate of drug-likeness (QED) is 0.835. The van der Waals surface area contributed by atoms with Crippen molar-refractivity contribution >= 4 is 39.1 Å². The second kappa shape index (κ2) is 5.88. The van der Waals surface area contributed by atoms with Crippen molar-refractivity contribution in [3.63, 3.8) is 0 Å². The average Bonchev–Trinajstić information content (AvgIpc) is 2.24. The van der Waals surface area contributed by atoms with E-state index in [-0.39, 0.29) is 20.9 Å². The van der Waals surface area contributed by atoms with E-state index in [4.69, 9.17) is 23.2 Å². The topological polar surface area (TPSA) is 75.3 Å². The lowest BCUT2D eigenvalue weighted by molar-refractivity contribution is -0.124. The van der Waals surface area contributed by atoms with Crippen molar-refractivity contribution in [1.82, 2.24) is 10.3 Å². The summed E-state index contributed by atoms with van der Waals surface area (Å²) < 4.78 is 23.6. The lowest BCUT2D eigenvalue weighted by Crippen LogP contribution is -2.43. The van der Waals surface area contributed by atoms with Gasteiger partial charge in [0.15, 0.2) is 0 Å². The summed E-state index contributed by atoms with van der Waals surface area (Å²) in [5.41, 5.74) is 2.10. The summed E-state index contributed by atoms with van der Waals surface area (Å²) in [6.45, 7) is 3.28. The van der Waals surface area contributed by atoms with Crippen LogP contribution in [0.25, 0.3) is 0 Å². The van der Waals surface area contributed by atoms with Crippen LogP contribution in [0.2, 0.25) is 10.0 Å². The number of benzene rings is 1. The number of amides is 1. The molecule has 0 radical (unpaired) electrons. The molecular weight excluding hydrogens is 299 g/mol. The van der Waals surface area contributed by atoms with Gasteiger partial charge in [-0.1, -0.05) is 37.0 Å². The molecule has 100 valence electrons. The third-order valence-electron chi connectivity index (χ3n) is 1.98. The largest absolute Gasteiger partial charge is 0.277 e. The predicted molar refractivity (Wildman–Crippen MR) is 69.8 cm³/mol. The SMILES string of the molecule is CC(C)C(=O)NNS(=O)(=O)c1cc(Cl)cc(Cl)c1. The van der Waals surface area contributed by atoms with Crippen LogP contribution in [0.4, 0.5) is 0 Å². The number of hydrogen-bond donors (Lipinski definition) is 2. The summed E-state index contributed by atoms with van der Waals surface area (Å²) in [4.78, 5) is 13.1. The monoisotopic (exact) mass is 310 g/mol. The van der Waals surface area contributed by atoms with Crippen LogP contribution in [0.1, 0.15) is 13.8 Å². The van der Waals surface area contributed by atoms with Crippen molar-refractivity contribution in [2.45, 2.75) is 18.7 Å². The molecule has 0 bridgehead atoms. The molecule has 0 heterocycles. The molecule has 0 fully saturated rings. The summed E-state index contributed by atoms with van der Waals surface area (Å²) in [6, 6.07) is 3.88. The standard InChI is InChI=1S/C10H12Cl2N2O3S/c1-6(2)10(15)13-14-18(16,17)9-4-7(11)3-8(12)5-9/h3-6,14H,1-2H3,(H,13,15). The Morgan fingerprint density at radius 1 is 1.17 bits per heavy atom. The van der Waals surface area contributed by atoms with Crippen molar-refractivity contribution in [1.29, 1.82) is 0 Å². The predicted octanol–water partition coefficient (Wildman–Crippen LogP) is 1.96. The second-order valence-electron chi connectivity index (χ2n) is 3.85. The minimum atomic E-state index is -3.88. The number of sulfonamides is 1. The summed E-state index contributed by atoms with van der Waals surface area (Å²) in [7, 11) is -3.88. The zero-order valence-corrected chi connectivity index (χ0v) is 12.0. The Bertz CT molecular complexity index is 538. The number of carbonyl (C=O) groups is 1. The fraction of sp³-hybridized carbons (Fsp3) is 0.300. The van der Waals surface area contributed by atoms with Crippen LogP contribution in [0.15, 0.2) is 23.1 Å². The summed E-state index contributed by atoms with van der Waals surface area (Å²) in [6.07, 6.45) is 0. The summed E-state index contributed by atoms with van der Waals surface area (Å²) in [5.74, 6) is -0.776. The van der Waals surface area contributed by atoms with E-state index in [1.54, 1.807) is 13.8 Å². The van der Waals surface area contributed by atoms with Crippen LogP contribution >= 0.6 is 23.2 Å². The molecule has 0 aliphatic heterocycles. The van der Waals surface area contributed by atoms with Crippen LogP contribution in [-0.2, 0) is 14.8 Å². The first kappa shape index (κ1) is 15.2.